The number of nitrogens with zero attached hydrogens (tertiary/aromatic N) is 4. The van der Waals surface area contributed by atoms with Crippen molar-refractivity contribution in [3.05, 3.63) is 46.6 Å². The second-order valence-corrected chi connectivity index (χ2v) is 9.01. The minimum atomic E-state index is -0.364. The topological polar surface area (TPSA) is 108 Å². The third-order valence-electron chi connectivity index (χ3n) is 5.16. The maximum absolute atomic E-state index is 12.9. The molecule has 2 amide bonds. The summed E-state index contributed by atoms with van der Waals surface area (Å²) in [5.74, 6) is 0.844. The van der Waals surface area contributed by atoms with Crippen molar-refractivity contribution in [2.45, 2.75) is 26.4 Å². The lowest BCUT2D eigenvalue weighted by Gasteiger charge is -2.30. The summed E-state index contributed by atoms with van der Waals surface area (Å²) in [6, 6.07) is 6.60. The number of carbonyl (C=O) groups is 2. The van der Waals surface area contributed by atoms with Gasteiger partial charge in [0.05, 0.1) is 12.3 Å². The highest BCUT2D eigenvalue weighted by Crippen LogP contribution is 2.33. The highest BCUT2D eigenvalue weighted by Gasteiger charge is 2.26. The number of methoxy groups -OCH3 is 1. The molecule has 1 atom stereocenters. The molecule has 11 heteroatoms. The Hall–Kier alpha value is -3.44. The monoisotopic (exact) mass is 485 g/mol. The van der Waals surface area contributed by atoms with Crippen LogP contribution >= 0.6 is 11.3 Å². The fourth-order valence-corrected chi connectivity index (χ4v) is 4.28. The van der Waals surface area contributed by atoms with E-state index in [1.165, 1.54) is 11.3 Å². The van der Waals surface area contributed by atoms with Crippen molar-refractivity contribution in [2.24, 2.45) is 7.05 Å². The lowest BCUT2D eigenvalue weighted by molar-refractivity contribution is 0.0655. The van der Waals surface area contributed by atoms with Gasteiger partial charge in [-0.3, -0.25) is 14.3 Å². The number of likely N-dealkylation sites (tertiary alicyclic amines) is 1. The number of hydrogen-bond donors (Lipinski definition) is 1. The highest BCUT2D eigenvalue weighted by atomic mass is 32.1. The van der Waals surface area contributed by atoms with Gasteiger partial charge < -0.3 is 24.4 Å². The van der Waals surface area contributed by atoms with Gasteiger partial charge >= 0.3 is 0 Å². The van der Waals surface area contributed by atoms with E-state index in [4.69, 9.17) is 14.2 Å². The lowest BCUT2D eigenvalue weighted by Crippen LogP contribution is -2.41. The predicted octanol–water partition coefficient (Wildman–Crippen LogP) is 3.49. The number of amides is 2. The number of aryl methyl sites for hydroxylation is 2. The Labute approximate surface area is 201 Å². The maximum Gasteiger partial charge on any atom is 0.279 e. The molecule has 0 aliphatic carbocycles. The fourth-order valence-electron chi connectivity index (χ4n) is 3.38. The van der Waals surface area contributed by atoms with Gasteiger partial charge in [-0.05, 0) is 32.4 Å². The molecule has 2 aromatic heterocycles. The first-order chi connectivity index (χ1) is 16.3. The van der Waals surface area contributed by atoms with Crippen molar-refractivity contribution in [2.75, 3.05) is 32.1 Å². The normalized spacial score (nSPS) is 13.8. The van der Waals surface area contributed by atoms with E-state index in [0.717, 1.165) is 19.5 Å². The molecule has 3 heterocycles. The van der Waals surface area contributed by atoms with Crippen LogP contribution in [0, 0.1) is 6.92 Å². The molecule has 1 N–H and O–H groups in total. The number of rotatable bonds is 9. The van der Waals surface area contributed by atoms with E-state index < -0.39 is 0 Å². The molecule has 3 aromatic rings. The van der Waals surface area contributed by atoms with Gasteiger partial charge in [-0.25, -0.2) is 4.98 Å². The molecule has 4 rings (SSSR count). The Morgan fingerprint density at radius 3 is 2.65 bits per heavy atom. The molecule has 0 saturated carbocycles. The van der Waals surface area contributed by atoms with Crippen LogP contribution in [-0.2, 0) is 11.8 Å². The highest BCUT2D eigenvalue weighted by molar-refractivity contribution is 7.15. The minimum absolute atomic E-state index is 0.0306. The van der Waals surface area contributed by atoms with Crippen molar-refractivity contribution < 1.29 is 23.8 Å². The van der Waals surface area contributed by atoms with Gasteiger partial charge in [-0.1, -0.05) is 11.3 Å². The van der Waals surface area contributed by atoms with Crippen LogP contribution in [0.25, 0.3) is 0 Å². The first-order valence-corrected chi connectivity index (χ1v) is 11.7. The molecule has 0 bridgehead atoms. The fraction of sp³-hybridized carbons (Fsp3) is 0.391. The van der Waals surface area contributed by atoms with Crippen molar-refractivity contribution in [1.82, 2.24) is 19.7 Å². The number of anilines is 1. The van der Waals surface area contributed by atoms with E-state index >= 15 is 0 Å². The van der Waals surface area contributed by atoms with Crippen LogP contribution in [0.15, 0.2) is 30.5 Å². The second-order valence-electron chi connectivity index (χ2n) is 8.05. The summed E-state index contributed by atoms with van der Waals surface area (Å²) in [6.45, 7) is 5.56. The van der Waals surface area contributed by atoms with Crippen LogP contribution in [0.2, 0.25) is 0 Å². The average Bonchev–Trinajstić information content (AvgIpc) is 3.31. The lowest BCUT2D eigenvalue weighted by atomic mass is 10.2. The Balaban J connectivity index is 1.58. The smallest absolute Gasteiger partial charge is 0.279 e. The molecule has 1 aliphatic rings. The summed E-state index contributed by atoms with van der Waals surface area (Å²) in [6.07, 6.45) is 2.51. The summed E-state index contributed by atoms with van der Waals surface area (Å²) in [7, 11) is 3.36. The van der Waals surface area contributed by atoms with Crippen LogP contribution in [0.1, 0.15) is 39.1 Å². The first-order valence-electron chi connectivity index (χ1n) is 10.9. The van der Waals surface area contributed by atoms with Gasteiger partial charge in [0.2, 0.25) is 0 Å². The van der Waals surface area contributed by atoms with Gasteiger partial charge in [-0.2, -0.15) is 5.10 Å². The van der Waals surface area contributed by atoms with Crippen LogP contribution in [0.4, 0.5) is 5.82 Å². The number of benzene rings is 1. The Bertz CT molecular complexity index is 1190. The summed E-state index contributed by atoms with van der Waals surface area (Å²) in [4.78, 5) is 32.3. The molecule has 1 fully saturated rings. The Kier molecular flexibility index (Phi) is 7.13. The van der Waals surface area contributed by atoms with Crippen LogP contribution < -0.4 is 14.8 Å². The Morgan fingerprint density at radius 1 is 1.24 bits per heavy atom. The van der Waals surface area contributed by atoms with E-state index in [9.17, 15) is 9.59 Å². The van der Waals surface area contributed by atoms with Crippen molar-refractivity contribution in [1.29, 1.82) is 0 Å². The maximum atomic E-state index is 12.9. The molecule has 0 unspecified atom stereocenters. The summed E-state index contributed by atoms with van der Waals surface area (Å²) in [5, 5.41) is 7.26. The van der Waals surface area contributed by atoms with E-state index in [-0.39, 0.29) is 17.9 Å². The molecular formula is C23H27N5O5S. The molecule has 180 valence electrons. The molecule has 1 aliphatic heterocycles. The molecular weight excluding hydrogens is 458 g/mol. The van der Waals surface area contributed by atoms with Crippen LogP contribution in [0.5, 0.6) is 16.7 Å². The van der Waals surface area contributed by atoms with E-state index in [2.05, 4.69) is 15.4 Å². The molecule has 0 radical (unpaired) electrons. The molecule has 10 nitrogen and oxygen atoms in total. The van der Waals surface area contributed by atoms with Crippen molar-refractivity contribution >= 4 is 29.0 Å². The van der Waals surface area contributed by atoms with Gasteiger partial charge in [0.25, 0.3) is 17.0 Å². The number of ether oxygens (including phenoxy) is 3. The molecule has 1 saturated heterocycles. The van der Waals surface area contributed by atoms with Gasteiger partial charge in [0, 0.05) is 51.1 Å². The second kappa shape index (κ2) is 10.2. The zero-order valence-electron chi connectivity index (χ0n) is 19.5. The van der Waals surface area contributed by atoms with Crippen LogP contribution in [-0.4, -0.2) is 64.4 Å². The molecule has 34 heavy (non-hydrogen) atoms. The summed E-state index contributed by atoms with van der Waals surface area (Å²) in [5.41, 5.74) is 0.944. The van der Waals surface area contributed by atoms with Gasteiger partial charge in [0.15, 0.2) is 5.82 Å². The van der Waals surface area contributed by atoms with Crippen LogP contribution in [0.3, 0.4) is 0 Å². The SMILES string of the molecule is COC[C@H](C)Oc1cc(Oc2nc(C)c(C(=O)N3CCC3)s2)cc(C(=O)Nc2ccn(C)n2)c1. The zero-order chi connectivity index (χ0) is 24.2. The summed E-state index contributed by atoms with van der Waals surface area (Å²) >= 11 is 1.19. The van der Waals surface area contributed by atoms with Gasteiger partial charge in [0.1, 0.15) is 22.5 Å². The quantitative estimate of drug-likeness (QED) is 0.494. The van der Waals surface area contributed by atoms with E-state index in [0.29, 0.717) is 45.3 Å². The minimum Gasteiger partial charge on any atom is -0.488 e. The third-order valence-corrected chi connectivity index (χ3v) is 6.18. The standard InChI is InChI=1S/C23H27N5O5S/c1-14(13-31-4)32-17-10-16(21(29)25-19-6-9-27(3)26-19)11-18(12-17)33-23-24-15(2)20(34-23)22(30)28-7-5-8-28/h6,9-12,14H,5,7-8,13H2,1-4H3,(H,25,26,29)/t14-/m0/s1. The van der Waals surface area contributed by atoms with Gasteiger partial charge in [-0.15, -0.1) is 0 Å². The molecule has 0 spiro atoms. The van der Waals surface area contributed by atoms with E-state index in [1.54, 1.807) is 61.1 Å². The first kappa shape index (κ1) is 23.7. The number of thiazole rings is 1. The number of aromatic nitrogens is 3. The number of carbonyl (C=O) groups excluding carboxylic acids is 2. The van der Waals surface area contributed by atoms with Crippen molar-refractivity contribution in [3.63, 3.8) is 0 Å². The number of hydrogen-bond acceptors (Lipinski definition) is 8. The molecule has 1 aromatic carbocycles. The largest absolute Gasteiger partial charge is 0.488 e. The van der Waals surface area contributed by atoms with Crippen molar-refractivity contribution in [3.8, 4) is 16.7 Å². The summed E-state index contributed by atoms with van der Waals surface area (Å²) < 4.78 is 18.6. The number of nitrogens with one attached hydrogen (secondary N) is 1. The zero-order valence-corrected chi connectivity index (χ0v) is 20.3. The predicted molar refractivity (Wildman–Crippen MR) is 127 cm³/mol. The third kappa shape index (κ3) is 5.54. The average molecular weight is 486 g/mol. The van der Waals surface area contributed by atoms with E-state index in [1.807, 2.05) is 6.92 Å². The Morgan fingerprint density at radius 2 is 2.00 bits per heavy atom.